The van der Waals surface area contributed by atoms with E-state index in [2.05, 4.69) is 0 Å². The van der Waals surface area contributed by atoms with Crippen molar-refractivity contribution < 1.29 is 18.7 Å². The normalized spacial score (nSPS) is 30.3. The minimum absolute atomic E-state index is 0.181. The van der Waals surface area contributed by atoms with Crippen molar-refractivity contribution in [2.24, 2.45) is 0 Å². The molecule has 5 heteroatoms. The van der Waals surface area contributed by atoms with E-state index in [4.69, 9.17) is 9.47 Å². The second-order valence-corrected chi connectivity index (χ2v) is 7.35. The number of benzene rings is 1. The van der Waals surface area contributed by atoms with E-state index in [0.717, 1.165) is 4.46 Å². The molecule has 1 fully saturated rings. The van der Waals surface area contributed by atoms with Gasteiger partial charge in [-0.3, -0.25) is 0 Å². The zero-order valence-electron chi connectivity index (χ0n) is 11.0. The molecular weight excluding hydrogens is 314 g/mol. The van der Waals surface area contributed by atoms with Gasteiger partial charge >= 0.3 is 118 Å². The first-order valence-corrected chi connectivity index (χ1v) is 8.00. The first-order chi connectivity index (χ1) is 9.03. The van der Waals surface area contributed by atoms with Crippen LogP contribution in [0.25, 0.3) is 0 Å². The summed E-state index contributed by atoms with van der Waals surface area (Å²) in [7, 11) is 0. The van der Waals surface area contributed by atoms with E-state index in [1.807, 2.05) is 37.3 Å². The number of carbonyl (C=O) groups excluding carboxylic acids is 1. The first-order valence-electron chi connectivity index (χ1n) is 6.29. The van der Waals surface area contributed by atoms with Gasteiger partial charge in [0.25, 0.3) is 0 Å². The number of ether oxygens (including phenoxy) is 2. The molecule has 104 valence electrons. The van der Waals surface area contributed by atoms with Crippen molar-refractivity contribution in [3.63, 3.8) is 0 Å². The maximum absolute atomic E-state index is 15.1. The second kappa shape index (κ2) is 6.04. The molecule has 2 rings (SSSR count). The molecule has 3 unspecified atom stereocenters. The topological polar surface area (TPSA) is 35.5 Å². The van der Waals surface area contributed by atoms with Gasteiger partial charge in [-0.05, 0) is 0 Å². The third kappa shape index (κ3) is 3.56. The van der Waals surface area contributed by atoms with Crippen molar-refractivity contribution >= 4 is 25.4 Å². The molecule has 3 nitrogen and oxygen atoms in total. The molecule has 0 bridgehead atoms. The van der Waals surface area contributed by atoms with Crippen LogP contribution in [0.4, 0.5) is 4.39 Å². The summed E-state index contributed by atoms with van der Waals surface area (Å²) in [5, 5.41) is 0. The predicted molar refractivity (Wildman–Crippen MR) is 71.0 cm³/mol. The number of hydrogen-bond acceptors (Lipinski definition) is 3. The van der Waals surface area contributed by atoms with Crippen LogP contribution in [0, 0.1) is 0 Å². The molecular formula is C14H17FO3Se. The number of alkyl halides is 1. The van der Waals surface area contributed by atoms with Gasteiger partial charge in [0.1, 0.15) is 0 Å². The Labute approximate surface area is 118 Å². The van der Waals surface area contributed by atoms with Crippen molar-refractivity contribution in [1.29, 1.82) is 0 Å². The van der Waals surface area contributed by atoms with E-state index in [1.54, 1.807) is 0 Å². The monoisotopic (exact) mass is 332 g/mol. The van der Waals surface area contributed by atoms with E-state index < -0.39 is 31.8 Å². The van der Waals surface area contributed by atoms with Gasteiger partial charge in [-0.2, -0.15) is 0 Å². The maximum atomic E-state index is 15.1. The van der Waals surface area contributed by atoms with Gasteiger partial charge in [-0.25, -0.2) is 0 Å². The zero-order valence-corrected chi connectivity index (χ0v) is 12.7. The van der Waals surface area contributed by atoms with Crippen LogP contribution >= 0.6 is 0 Å². The number of rotatable bonds is 4. The Morgan fingerprint density at radius 2 is 2.21 bits per heavy atom. The quantitative estimate of drug-likeness (QED) is 0.623. The van der Waals surface area contributed by atoms with Crippen LogP contribution in [0.15, 0.2) is 30.3 Å². The molecule has 1 aromatic carbocycles. The fourth-order valence-corrected chi connectivity index (χ4v) is 4.43. The standard InChI is InChI=1S/C14H17FO3Se/c1-3-11-9-14(15,13(18-11)17-10(2)16)19-12-7-5-4-6-8-12/h4-8,11,13H,3,9H2,1-2H3. The predicted octanol–water partition coefficient (Wildman–Crippen LogP) is 1.77. The SMILES string of the molecule is CCC1CC(F)([Se]c2ccccc2)C(OC(C)=O)O1. The van der Waals surface area contributed by atoms with Gasteiger partial charge in [-0.1, -0.05) is 0 Å². The van der Waals surface area contributed by atoms with Crippen LogP contribution in [0.5, 0.6) is 0 Å². The molecule has 0 amide bonds. The van der Waals surface area contributed by atoms with Gasteiger partial charge < -0.3 is 0 Å². The van der Waals surface area contributed by atoms with Crippen LogP contribution in [0.1, 0.15) is 26.7 Å². The van der Waals surface area contributed by atoms with Crippen LogP contribution in [0.3, 0.4) is 0 Å². The van der Waals surface area contributed by atoms with E-state index in [-0.39, 0.29) is 12.5 Å². The van der Waals surface area contributed by atoms with Crippen molar-refractivity contribution in [3.05, 3.63) is 30.3 Å². The van der Waals surface area contributed by atoms with Gasteiger partial charge in [0, 0.05) is 0 Å². The van der Waals surface area contributed by atoms with Crippen LogP contribution < -0.4 is 4.46 Å². The molecule has 0 radical (unpaired) electrons. The Bertz CT molecular complexity index is 440. The van der Waals surface area contributed by atoms with Crippen LogP contribution in [0.2, 0.25) is 0 Å². The number of esters is 1. The summed E-state index contributed by atoms with van der Waals surface area (Å²) in [6, 6.07) is 9.45. The van der Waals surface area contributed by atoms with Crippen molar-refractivity contribution in [2.75, 3.05) is 0 Å². The Balaban J connectivity index is 2.15. The van der Waals surface area contributed by atoms with Gasteiger partial charge in [0.2, 0.25) is 0 Å². The summed E-state index contributed by atoms with van der Waals surface area (Å²) < 4.78 is 25.0. The van der Waals surface area contributed by atoms with Crippen molar-refractivity contribution in [3.8, 4) is 0 Å². The van der Waals surface area contributed by atoms with Gasteiger partial charge in [0.15, 0.2) is 0 Å². The van der Waals surface area contributed by atoms with Crippen molar-refractivity contribution in [2.45, 2.75) is 43.7 Å². The van der Waals surface area contributed by atoms with Crippen LogP contribution in [-0.4, -0.2) is 37.9 Å². The Hall–Kier alpha value is -0.901. The molecule has 0 spiro atoms. The molecule has 19 heavy (non-hydrogen) atoms. The molecule has 1 aliphatic heterocycles. The van der Waals surface area contributed by atoms with E-state index >= 15 is 4.39 Å². The molecule has 0 aliphatic carbocycles. The summed E-state index contributed by atoms with van der Waals surface area (Å²) in [5.74, 6) is -0.507. The molecule has 1 saturated heterocycles. The Morgan fingerprint density at radius 1 is 1.53 bits per heavy atom. The molecule has 0 saturated carbocycles. The molecule has 1 heterocycles. The number of halogens is 1. The molecule has 0 aromatic heterocycles. The summed E-state index contributed by atoms with van der Waals surface area (Å²) in [5.41, 5.74) is 0. The number of hydrogen-bond donors (Lipinski definition) is 0. The molecule has 1 aromatic rings. The van der Waals surface area contributed by atoms with Gasteiger partial charge in [-0.15, -0.1) is 0 Å². The van der Waals surface area contributed by atoms with E-state index in [9.17, 15) is 4.79 Å². The summed E-state index contributed by atoms with van der Waals surface area (Å²) in [6.07, 6.45) is -0.250. The van der Waals surface area contributed by atoms with E-state index in [0.29, 0.717) is 6.42 Å². The fraction of sp³-hybridized carbons (Fsp3) is 0.500. The molecule has 1 aliphatic rings. The number of carbonyl (C=O) groups is 1. The average molecular weight is 331 g/mol. The van der Waals surface area contributed by atoms with E-state index in [1.165, 1.54) is 6.92 Å². The summed E-state index contributed by atoms with van der Waals surface area (Å²) in [6.45, 7) is 3.22. The van der Waals surface area contributed by atoms with Gasteiger partial charge in [0.05, 0.1) is 0 Å². The minimum atomic E-state index is -1.58. The average Bonchev–Trinajstić information content (AvgIpc) is 2.66. The fourth-order valence-electron chi connectivity index (χ4n) is 2.01. The second-order valence-electron chi connectivity index (χ2n) is 4.51. The Morgan fingerprint density at radius 3 is 2.79 bits per heavy atom. The van der Waals surface area contributed by atoms with Crippen LogP contribution in [-0.2, 0) is 14.3 Å². The summed E-state index contributed by atoms with van der Waals surface area (Å²) in [4.78, 5) is 11.1. The molecule has 3 atom stereocenters. The first kappa shape index (κ1) is 14.5. The summed E-state index contributed by atoms with van der Waals surface area (Å²) >= 11 is -0.446. The third-order valence-electron chi connectivity index (χ3n) is 2.93. The van der Waals surface area contributed by atoms with Crippen molar-refractivity contribution in [1.82, 2.24) is 0 Å². The third-order valence-corrected chi connectivity index (χ3v) is 5.46. The zero-order chi connectivity index (χ0) is 13.9. The Kier molecular flexibility index (Phi) is 4.61. The molecule has 0 N–H and O–H groups in total.